The third kappa shape index (κ3) is 2.22. The van der Waals surface area contributed by atoms with Crippen molar-refractivity contribution in [3.05, 3.63) is 10.6 Å². The van der Waals surface area contributed by atoms with Gasteiger partial charge >= 0.3 is 5.97 Å². The smallest absolute Gasteiger partial charge is 0.312 e. The Labute approximate surface area is 123 Å². The summed E-state index contributed by atoms with van der Waals surface area (Å²) >= 11 is 1.73. The quantitative estimate of drug-likeness (QED) is 0.928. The van der Waals surface area contributed by atoms with Gasteiger partial charge in [0.1, 0.15) is 5.92 Å². The van der Waals surface area contributed by atoms with Gasteiger partial charge in [0.25, 0.3) is 0 Å². The fraction of sp³-hybridized carbons (Fsp3) is 0.733. The number of hydrogen-bond donors (Lipinski definition) is 1. The highest BCUT2D eigenvalue weighted by Gasteiger charge is 2.35. The van der Waals surface area contributed by atoms with Crippen molar-refractivity contribution in [1.29, 1.82) is 0 Å². The van der Waals surface area contributed by atoms with E-state index in [0.717, 1.165) is 36.5 Å². The number of fused-ring (bicyclic) bond motifs is 1. The number of carbonyl (C=O) groups is 1. The lowest BCUT2D eigenvalue weighted by atomic mass is 9.91. The number of hydrogen-bond acceptors (Lipinski definition) is 4. The van der Waals surface area contributed by atoms with E-state index in [4.69, 9.17) is 4.98 Å². The highest BCUT2D eigenvalue weighted by atomic mass is 32.1. The molecule has 5 heteroatoms. The average molecular weight is 294 g/mol. The van der Waals surface area contributed by atoms with Crippen LogP contribution in [0.15, 0.2) is 0 Å². The van der Waals surface area contributed by atoms with Crippen LogP contribution in [0.3, 0.4) is 0 Å². The van der Waals surface area contributed by atoms with Crippen LogP contribution in [0.4, 0.5) is 5.13 Å². The van der Waals surface area contributed by atoms with Crippen molar-refractivity contribution < 1.29 is 9.90 Å². The summed E-state index contributed by atoms with van der Waals surface area (Å²) in [4.78, 5) is 19.8. The van der Waals surface area contributed by atoms with E-state index in [2.05, 4.69) is 18.7 Å². The number of thiazole rings is 1. The van der Waals surface area contributed by atoms with E-state index in [-0.39, 0.29) is 5.92 Å². The molecule has 1 aromatic heterocycles. The van der Waals surface area contributed by atoms with Gasteiger partial charge in [-0.25, -0.2) is 4.98 Å². The summed E-state index contributed by atoms with van der Waals surface area (Å²) in [6.45, 7) is 4.48. The molecule has 2 aliphatic rings. The summed E-state index contributed by atoms with van der Waals surface area (Å²) < 4.78 is 0. The summed E-state index contributed by atoms with van der Waals surface area (Å²) in [6, 6.07) is 1.09. The van der Waals surface area contributed by atoms with Gasteiger partial charge in [-0.15, -0.1) is 11.3 Å². The van der Waals surface area contributed by atoms with Gasteiger partial charge in [-0.3, -0.25) is 4.79 Å². The molecule has 0 radical (unpaired) electrons. The van der Waals surface area contributed by atoms with Gasteiger partial charge in [-0.2, -0.15) is 0 Å². The normalized spacial score (nSPS) is 29.5. The number of aryl methyl sites for hydroxylation is 1. The van der Waals surface area contributed by atoms with Crippen LogP contribution in [-0.2, 0) is 11.2 Å². The Hall–Kier alpha value is -1.10. The van der Waals surface area contributed by atoms with Gasteiger partial charge in [0.2, 0.25) is 0 Å². The molecule has 3 atom stereocenters. The van der Waals surface area contributed by atoms with Crippen molar-refractivity contribution in [2.45, 2.75) is 70.4 Å². The Kier molecular flexibility index (Phi) is 3.71. The number of rotatable bonds is 3. The number of nitrogens with zero attached hydrogens (tertiary/aromatic N) is 2. The molecule has 0 aromatic carbocycles. The van der Waals surface area contributed by atoms with Crippen LogP contribution in [0, 0.1) is 0 Å². The third-order valence-electron chi connectivity index (χ3n) is 4.72. The highest BCUT2D eigenvalue weighted by Crippen LogP contribution is 2.41. The first-order valence-corrected chi connectivity index (χ1v) is 8.44. The van der Waals surface area contributed by atoms with Crippen LogP contribution in [-0.4, -0.2) is 28.1 Å². The van der Waals surface area contributed by atoms with E-state index >= 15 is 0 Å². The van der Waals surface area contributed by atoms with E-state index in [1.807, 2.05) is 0 Å². The Morgan fingerprint density at radius 3 is 2.95 bits per heavy atom. The van der Waals surface area contributed by atoms with Crippen LogP contribution in [0.5, 0.6) is 0 Å². The van der Waals surface area contributed by atoms with Gasteiger partial charge in [0.05, 0.1) is 5.69 Å². The van der Waals surface area contributed by atoms with E-state index in [1.165, 1.54) is 17.7 Å². The second kappa shape index (κ2) is 5.35. The fourth-order valence-corrected chi connectivity index (χ4v) is 4.91. The molecule has 20 heavy (non-hydrogen) atoms. The zero-order valence-electron chi connectivity index (χ0n) is 12.1. The molecule has 0 amide bonds. The van der Waals surface area contributed by atoms with Crippen LogP contribution in [0.2, 0.25) is 0 Å². The molecule has 1 saturated heterocycles. The number of aliphatic carboxylic acids is 1. The summed E-state index contributed by atoms with van der Waals surface area (Å²) in [5.41, 5.74) is 0.845. The van der Waals surface area contributed by atoms with Gasteiger partial charge in [0, 0.05) is 17.0 Å². The molecule has 110 valence electrons. The van der Waals surface area contributed by atoms with Crippen LogP contribution >= 0.6 is 11.3 Å². The largest absolute Gasteiger partial charge is 0.481 e. The van der Waals surface area contributed by atoms with Crippen molar-refractivity contribution in [3.8, 4) is 0 Å². The molecule has 1 N–H and O–H groups in total. The third-order valence-corrected chi connectivity index (χ3v) is 5.86. The predicted molar refractivity (Wildman–Crippen MR) is 80.7 cm³/mol. The molecule has 0 saturated carbocycles. The Morgan fingerprint density at radius 2 is 2.25 bits per heavy atom. The molecule has 3 unspecified atom stereocenters. The van der Waals surface area contributed by atoms with Gasteiger partial charge in [0.15, 0.2) is 5.13 Å². The number of carboxylic acids is 1. The molecule has 1 aliphatic heterocycles. The number of carboxylic acid groups (broad SMARTS) is 1. The molecule has 0 bridgehead atoms. The molecule has 1 fully saturated rings. The monoisotopic (exact) mass is 294 g/mol. The average Bonchev–Trinajstić information content (AvgIpc) is 3.00. The van der Waals surface area contributed by atoms with Crippen LogP contribution in [0.25, 0.3) is 0 Å². The molecular weight excluding hydrogens is 272 g/mol. The van der Waals surface area contributed by atoms with E-state index in [9.17, 15) is 9.90 Å². The minimum Gasteiger partial charge on any atom is -0.481 e. The van der Waals surface area contributed by atoms with Crippen molar-refractivity contribution in [2.24, 2.45) is 0 Å². The van der Waals surface area contributed by atoms with E-state index < -0.39 is 5.97 Å². The lowest BCUT2D eigenvalue weighted by Gasteiger charge is -2.27. The van der Waals surface area contributed by atoms with Crippen molar-refractivity contribution in [2.75, 3.05) is 4.90 Å². The van der Waals surface area contributed by atoms with Gasteiger partial charge < -0.3 is 10.0 Å². The van der Waals surface area contributed by atoms with Crippen molar-refractivity contribution in [1.82, 2.24) is 4.98 Å². The summed E-state index contributed by atoms with van der Waals surface area (Å²) in [7, 11) is 0. The molecule has 3 rings (SSSR count). The second-order valence-electron chi connectivity index (χ2n) is 5.98. The number of aromatic nitrogens is 1. The Bertz CT molecular complexity index is 514. The summed E-state index contributed by atoms with van der Waals surface area (Å²) in [5.74, 6) is -1.11. The highest BCUT2D eigenvalue weighted by molar-refractivity contribution is 7.15. The lowest BCUT2D eigenvalue weighted by molar-refractivity contribution is -0.139. The Morgan fingerprint density at radius 1 is 1.45 bits per heavy atom. The van der Waals surface area contributed by atoms with Gasteiger partial charge in [-0.05, 0) is 45.4 Å². The first-order valence-electron chi connectivity index (χ1n) is 7.62. The number of anilines is 1. The zero-order chi connectivity index (χ0) is 14.3. The topological polar surface area (TPSA) is 53.4 Å². The lowest BCUT2D eigenvalue weighted by Crippen LogP contribution is -2.34. The molecule has 1 aromatic rings. The maximum Gasteiger partial charge on any atom is 0.312 e. The summed E-state index contributed by atoms with van der Waals surface area (Å²) in [5, 5.41) is 10.4. The van der Waals surface area contributed by atoms with Crippen LogP contribution in [0.1, 0.15) is 62.4 Å². The zero-order valence-corrected chi connectivity index (χ0v) is 12.9. The maximum atomic E-state index is 11.4. The van der Waals surface area contributed by atoms with Crippen molar-refractivity contribution in [3.63, 3.8) is 0 Å². The summed E-state index contributed by atoms with van der Waals surface area (Å²) in [6.07, 6.45) is 6.28. The minimum atomic E-state index is -0.718. The molecule has 0 spiro atoms. The molecular formula is C15H22N2O2S. The predicted octanol–water partition coefficient (Wildman–Crippen LogP) is 3.41. The van der Waals surface area contributed by atoms with E-state index in [0.29, 0.717) is 12.1 Å². The maximum absolute atomic E-state index is 11.4. The SMILES string of the molecule is CCC1CCC(C)N1c1nc2c(s1)CCCC2C(=O)O. The fourth-order valence-electron chi connectivity index (χ4n) is 3.57. The second-order valence-corrected chi connectivity index (χ2v) is 7.05. The molecule has 4 nitrogen and oxygen atoms in total. The van der Waals surface area contributed by atoms with E-state index in [1.54, 1.807) is 11.3 Å². The Balaban J connectivity index is 1.94. The molecule has 2 heterocycles. The van der Waals surface area contributed by atoms with Gasteiger partial charge in [-0.1, -0.05) is 6.92 Å². The minimum absolute atomic E-state index is 0.387. The van der Waals surface area contributed by atoms with Crippen LogP contribution < -0.4 is 4.90 Å². The first kappa shape index (κ1) is 13.9. The first-order chi connectivity index (χ1) is 9.61. The van der Waals surface area contributed by atoms with Crippen molar-refractivity contribution >= 4 is 22.4 Å². The standard InChI is InChI=1S/C15H22N2O2S/c1-3-10-8-7-9(2)17(10)15-16-13-11(14(18)19)5-4-6-12(13)20-15/h9-11H,3-8H2,1-2H3,(H,18,19). The molecule has 1 aliphatic carbocycles.